The van der Waals surface area contributed by atoms with Gasteiger partial charge in [-0.1, -0.05) is 15.9 Å². The van der Waals surface area contributed by atoms with Crippen LogP contribution in [0.2, 0.25) is 0 Å². The van der Waals surface area contributed by atoms with Crippen LogP contribution in [-0.2, 0) is 0 Å². The Morgan fingerprint density at radius 2 is 2.29 bits per heavy atom. The summed E-state index contributed by atoms with van der Waals surface area (Å²) in [6.45, 7) is 5.88. The van der Waals surface area contributed by atoms with Crippen LogP contribution in [0.3, 0.4) is 0 Å². The van der Waals surface area contributed by atoms with Crippen LogP contribution in [0.5, 0.6) is 0 Å². The fraction of sp³-hybridized carbons (Fsp3) is 0.462. The Kier molecular flexibility index (Phi) is 3.54. The zero-order valence-electron chi connectivity index (χ0n) is 10.1. The van der Waals surface area contributed by atoms with Crippen molar-refractivity contribution >= 4 is 21.8 Å². The van der Waals surface area contributed by atoms with Crippen molar-refractivity contribution in [2.24, 2.45) is 0 Å². The third kappa shape index (κ3) is 2.87. The number of halogens is 1. The Labute approximate surface area is 110 Å². The van der Waals surface area contributed by atoms with Gasteiger partial charge in [0, 0.05) is 16.6 Å². The third-order valence-corrected chi connectivity index (χ3v) is 4.09. The summed E-state index contributed by atoms with van der Waals surface area (Å²) < 4.78 is 1.03. The molecule has 17 heavy (non-hydrogen) atoms. The van der Waals surface area contributed by atoms with E-state index in [0.717, 1.165) is 35.1 Å². The van der Waals surface area contributed by atoms with Crippen molar-refractivity contribution in [3.63, 3.8) is 0 Å². The molecule has 1 aliphatic rings. The fourth-order valence-corrected chi connectivity index (χ4v) is 2.30. The van der Waals surface area contributed by atoms with Crippen LogP contribution in [0.1, 0.15) is 29.3 Å². The molecule has 0 spiro atoms. The van der Waals surface area contributed by atoms with Gasteiger partial charge in [0.05, 0.1) is 5.54 Å². The van der Waals surface area contributed by atoms with Gasteiger partial charge in [0.15, 0.2) is 0 Å². The molecule has 1 aromatic carbocycles. The first-order chi connectivity index (χ1) is 8.00. The van der Waals surface area contributed by atoms with Crippen molar-refractivity contribution in [3.05, 3.63) is 33.8 Å². The number of carbonyl (C=O) groups is 1. The highest BCUT2D eigenvalue weighted by Crippen LogP contribution is 2.19. The maximum absolute atomic E-state index is 12.1. The number of hydrogen-bond acceptors (Lipinski definition) is 2. The maximum Gasteiger partial charge on any atom is 0.251 e. The number of nitrogens with one attached hydrogen (secondary N) is 2. The molecule has 1 aliphatic heterocycles. The standard InChI is InChI=1S/C13H17BrN2O/c1-9-7-10(3-4-11(9)14)12(17)16-13(2)5-6-15-8-13/h3-4,7,15H,5-6,8H2,1-2H3,(H,16,17). The monoisotopic (exact) mass is 296 g/mol. The predicted octanol–water partition coefficient (Wildman–Crippen LogP) is 2.24. The van der Waals surface area contributed by atoms with Gasteiger partial charge in [-0.3, -0.25) is 4.79 Å². The van der Waals surface area contributed by atoms with Gasteiger partial charge in [0.25, 0.3) is 5.91 Å². The van der Waals surface area contributed by atoms with Crippen LogP contribution in [0.25, 0.3) is 0 Å². The number of aryl methyl sites for hydroxylation is 1. The lowest BCUT2D eigenvalue weighted by Crippen LogP contribution is -2.47. The quantitative estimate of drug-likeness (QED) is 0.879. The van der Waals surface area contributed by atoms with E-state index >= 15 is 0 Å². The molecule has 4 heteroatoms. The molecule has 1 atom stereocenters. The van der Waals surface area contributed by atoms with Gasteiger partial charge >= 0.3 is 0 Å². The third-order valence-electron chi connectivity index (χ3n) is 3.20. The Morgan fingerprint density at radius 3 is 2.88 bits per heavy atom. The topological polar surface area (TPSA) is 41.1 Å². The molecule has 0 aliphatic carbocycles. The highest BCUT2D eigenvalue weighted by Gasteiger charge is 2.30. The van der Waals surface area contributed by atoms with E-state index in [2.05, 4.69) is 33.5 Å². The van der Waals surface area contributed by atoms with Crippen molar-refractivity contribution in [1.29, 1.82) is 0 Å². The maximum atomic E-state index is 12.1. The first-order valence-electron chi connectivity index (χ1n) is 5.80. The highest BCUT2D eigenvalue weighted by atomic mass is 79.9. The minimum atomic E-state index is -0.113. The largest absolute Gasteiger partial charge is 0.346 e. The van der Waals surface area contributed by atoms with Gasteiger partial charge in [-0.25, -0.2) is 0 Å². The molecule has 2 rings (SSSR count). The van der Waals surface area contributed by atoms with Crippen LogP contribution in [-0.4, -0.2) is 24.5 Å². The van der Waals surface area contributed by atoms with E-state index in [4.69, 9.17) is 0 Å². The minimum Gasteiger partial charge on any atom is -0.346 e. The van der Waals surface area contributed by atoms with E-state index in [1.54, 1.807) is 0 Å². The number of carbonyl (C=O) groups excluding carboxylic acids is 1. The Hall–Kier alpha value is -0.870. The van der Waals surface area contributed by atoms with Crippen LogP contribution < -0.4 is 10.6 Å². The van der Waals surface area contributed by atoms with E-state index in [0.29, 0.717) is 0 Å². The molecule has 0 saturated carbocycles. The van der Waals surface area contributed by atoms with Gasteiger partial charge in [0.1, 0.15) is 0 Å². The molecule has 1 unspecified atom stereocenters. The molecule has 2 N–H and O–H groups in total. The zero-order chi connectivity index (χ0) is 12.5. The molecule has 1 amide bonds. The molecule has 0 bridgehead atoms. The zero-order valence-corrected chi connectivity index (χ0v) is 11.7. The number of benzene rings is 1. The average molecular weight is 297 g/mol. The first-order valence-corrected chi connectivity index (χ1v) is 6.59. The van der Waals surface area contributed by atoms with Crippen LogP contribution in [0.4, 0.5) is 0 Å². The van der Waals surface area contributed by atoms with Crippen molar-refractivity contribution in [2.45, 2.75) is 25.8 Å². The summed E-state index contributed by atoms with van der Waals surface area (Å²) in [5.74, 6) is 0.00630. The SMILES string of the molecule is Cc1cc(C(=O)NC2(C)CCNC2)ccc1Br. The summed E-state index contributed by atoms with van der Waals surface area (Å²) in [4.78, 5) is 12.1. The molecule has 1 fully saturated rings. The molecular weight excluding hydrogens is 280 g/mol. The molecule has 0 radical (unpaired) electrons. The van der Waals surface area contributed by atoms with Gasteiger partial charge in [0.2, 0.25) is 0 Å². The molecule has 3 nitrogen and oxygen atoms in total. The Balaban J connectivity index is 2.11. The molecular formula is C13H17BrN2O. The van der Waals surface area contributed by atoms with Crippen LogP contribution >= 0.6 is 15.9 Å². The fourth-order valence-electron chi connectivity index (χ4n) is 2.06. The van der Waals surface area contributed by atoms with Crippen molar-refractivity contribution in [2.75, 3.05) is 13.1 Å². The normalized spacial score (nSPS) is 23.7. The first kappa shape index (κ1) is 12.6. The molecule has 92 valence electrons. The lowest BCUT2D eigenvalue weighted by Gasteiger charge is -2.24. The number of amides is 1. The average Bonchev–Trinajstić information content (AvgIpc) is 2.69. The van der Waals surface area contributed by atoms with Crippen molar-refractivity contribution in [3.8, 4) is 0 Å². The molecule has 1 heterocycles. The summed E-state index contributed by atoms with van der Waals surface area (Å²) >= 11 is 3.44. The number of rotatable bonds is 2. The summed E-state index contributed by atoms with van der Waals surface area (Å²) in [5, 5.41) is 6.37. The molecule has 0 aromatic heterocycles. The Bertz CT molecular complexity index is 439. The van der Waals surface area contributed by atoms with Gasteiger partial charge in [-0.15, -0.1) is 0 Å². The second-order valence-electron chi connectivity index (χ2n) is 4.91. The van der Waals surface area contributed by atoms with Crippen LogP contribution in [0, 0.1) is 6.92 Å². The second-order valence-corrected chi connectivity index (χ2v) is 5.76. The smallest absolute Gasteiger partial charge is 0.251 e. The van der Waals surface area contributed by atoms with Crippen molar-refractivity contribution in [1.82, 2.24) is 10.6 Å². The number of hydrogen-bond donors (Lipinski definition) is 2. The summed E-state index contributed by atoms with van der Waals surface area (Å²) in [6, 6.07) is 5.67. The van der Waals surface area contributed by atoms with E-state index in [1.807, 2.05) is 25.1 Å². The summed E-state index contributed by atoms with van der Waals surface area (Å²) in [7, 11) is 0. The lowest BCUT2D eigenvalue weighted by molar-refractivity contribution is 0.0913. The molecule has 1 saturated heterocycles. The predicted molar refractivity (Wildman–Crippen MR) is 72.2 cm³/mol. The highest BCUT2D eigenvalue weighted by molar-refractivity contribution is 9.10. The van der Waals surface area contributed by atoms with Gasteiger partial charge in [-0.2, -0.15) is 0 Å². The summed E-state index contributed by atoms with van der Waals surface area (Å²) in [6.07, 6.45) is 0.980. The van der Waals surface area contributed by atoms with E-state index in [9.17, 15) is 4.79 Å². The van der Waals surface area contributed by atoms with Gasteiger partial charge < -0.3 is 10.6 Å². The van der Waals surface area contributed by atoms with Crippen molar-refractivity contribution < 1.29 is 4.79 Å². The van der Waals surface area contributed by atoms with Gasteiger partial charge in [-0.05, 0) is 50.6 Å². The summed E-state index contributed by atoms with van der Waals surface area (Å²) in [5.41, 5.74) is 1.68. The second kappa shape index (κ2) is 4.78. The molecule has 1 aromatic rings. The Morgan fingerprint density at radius 1 is 1.53 bits per heavy atom. The van der Waals surface area contributed by atoms with E-state index in [-0.39, 0.29) is 11.4 Å². The van der Waals surface area contributed by atoms with E-state index < -0.39 is 0 Å². The minimum absolute atomic E-state index is 0.00630. The lowest BCUT2D eigenvalue weighted by atomic mass is 10.0. The van der Waals surface area contributed by atoms with E-state index in [1.165, 1.54) is 0 Å². The van der Waals surface area contributed by atoms with Crippen LogP contribution in [0.15, 0.2) is 22.7 Å².